The van der Waals surface area contributed by atoms with Gasteiger partial charge in [-0.2, -0.15) is 5.10 Å². The Balaban J connectivity index is 1.84. The van der Waals surface area contributed by atoms with E-state index in [2.05, 4.69) is 15.2 Å². The van der Waals surface area contributed by atoms with Crippen molar-refractivity contribution in [3.63, 3.8) is 0 Å². The Labute approximate surface area is 105 Å². The average Bonchev–Trinajstić information content (AvgIpc) is 3.16. The highest BCUT2D eigenvalue weighted by Crippen LogP contribution is 2.38. The van der Waals surface area contributed by atoms with Crippen molar-refractivity contribution in [1.29, 1.82) is 0 Å². The second kappa shape index (κ2) is 4.42. The van der Waals surface area contributed by atoms with Crippen LogP contribution in [0.3, 0.4) is 0 Å². The zero-order valence-electron chi connectivity index (χ0n) is 10.3. The molecular formula is C13H16N4O. The summed E-state index contributed by atoms with van der Waals surface area (Å²) in [5.41, 5.74) is 7.13. The lowest BCUT2D eigenvalue weighted by Crippen LogP contribution is -2.13. The number of nitrogens with two attached hydrogens (primary N) is 1. The van der Waals surface area contributed by atoms with Gasteiger partial charge in [0.1, 0.15) is 11.6 Å². The van der Waals surface area contributed by atoms with Gasteiger partial charge in [0.2, 0.25) is 0 Å². The molecule has 0 saturated heterocycles. The molecule has 1 saturated carbocycles. The second-order valence-corrected chi connectivity index (χ2v) is 4.61. The Bertz CT molecular complexity index is 547. The van der Waals surface area contributed by atoms with Gasteiger partial charge in [-0.15, -0.1) is 0 Å². The highest BCUT2D eigenvalue weighted by molar-refractivity contribution is 5.33. The van der Waals surface area contributed by atoms with E-state index in [4.69, 9.17) is 10.5 Å². The number of rotatable bonds is 4. The van der Waals surface area contributed by atoms with Crippen molar-refractivity contribution in [2.24, 2.45) is 5.73 Å². The molecule has 0 bridgehead atoms. The summed E-state index contributed by atoms with van der Waals surface area (Å²) < 4.78 is 5.19. The molecule has 0 radical (unpaired) electrons. The Morgan fingerprint density at radius 2 is 2.28 bits per heavy atom. The van der Waals surface area contributed by atoms with Crippen molar-refractivity contribution in [2.75, 3.05) is 7.11 Å². The maximum absolute atomic E-state index is 6.17. The van der Waals surface area contributed by atoms with Crippen LogP contribution in [0.25, 0.3) is 0 Å². The van der Waals surface area contributed by atoms with Gasteiger partial charge >= 0.3 is 0 Å². The van der Waals surface area contributed by atoms with Crippen LogP contribution in [0.1, 0.15) is 42.0 Å². The van der Waals surface area contributed by atoms with E-state index in [1.807, 2.05) is 24.3 Å². The summed E-state index contributed by atoms with van der Waals surface area (Å²) in [5.74, 6) is 2.96. The molecule has 1 aliphatic carbocycles. The predicted octanol–water partition coefficient (Wildman–Crippen LogP) is 1.74. The fraction of sp³-hybridized carbons (Fsp3) is 0.385. The van der Waals surface area contributed by atoms with Crippen LogP contribution in [0.15, 0.2) is 24.3 Å². The number of methoxy groups -OCH3 is 1. The molecule has 0 aliphatic heterocycles. The molecule has 5 nitrogen and oxygen atoms in total. The Kier molecular flexibility index (Phi) is 2.76. The molecule has 0 spiro atoms. The van der Waals surface area contributed by atoms with Gasteiger partial charge < -0.3 is 10.5 Å². The molecule has 2 aromatic rings. The third-order valence-corrected chi connectivity index (χ3v) is 3.22. The molecule has 0 unspecified atom stereocenters. The molecule has 1 heterocycles. The van der Waals surface area contributed by atoms with E-state index in [0.717, 1.165) is 17.1 Å². The normalized spacial score (nSPS) is 16.6. The van der Waals surface area contributed by atoms with Crippen LogP contribution in [-0.2, 0) is 0 Å². The fourth-order valence-electron chi connectivity index (χ4n) is 1.95. The predicted molar refractivity (Wildman–Crippen MR) is 67.4 cm³/mol. The minimum atomic E-state index is -0.316. The molecule has 1 fully saturated rings. The van der Waals surface area contributed by atoms with E-state index in [-0.39, 0.29) is 6.04 Å². The molecule has 1 aromatic heterocycles. The van der Waals surface area contributed by atoms with Crippen molar-refractivity contribution in [2.45, 2.75) is 24.8 Å². The molecule has 0 amide bonds. The van der Waals surface area contributed by atoms with Crippen LogP contribution in [0.5, 0.6) is 5.75 Å². The molecule has 1 atom stereocenters. The summed E-state index contributed by atoms with van der Waals surface area (Å²) in [4.78, 5) is 4.47. The number of aromatic amines is 1. The van der Waals surface area contributed by atoms with Crippen molar-refractivity contribution >= 4 is 0 Å². The van der Waals surface area contributed by atoms with Crippen LogP contribution in [-0.4, -0.2) is 22.3 Å². The molecule has 1 aliphatic rings. The van der Waals surface area contributed by atoms with E-state index in [1.165, 1.54) is 12.8 Å². The van der Waals surface area contributed by atoms with Crippen molar-refractivity contribution < 1.29 is 4.74 Å². The van der Waals surface area contributed by atoms with E-state index >= 15 is 0 Å². The molecule has 3 rings (SSSR count). The summed E-state index contributed by atoms with van der Waals surface area (Å²) in [7, 11) is 1.64. The standard InChI is InChI=1S/C13H16N4O/c1-18-10-4-2-3-9(7-10)11(14)13-15-12(16-17-13)8-5-6-8/h2-4,7-8,11H,5-6,14H2,1H3,(H,15,16,17)/t11-/m0/s1. The summed E-state index contributed by atoms with van der Waals surface area (Å²) >= 11 is 0. The molecule has 18 heavy (non-hydrogen) atoms. The van der Waals surface area contributed by atoms with E-state index in [0.29, 0.717) is 11.7 Å². The van der Waals surface area contributed by atoms with Gasteiger partial charge in [-0.1, -0.05) is 12.1 Å². The van der Waals surface area contributed by atoms with Crippen LogP contribution < -0.4 is 10.5 Å². The summed E-state index contributed by atoms with van der Waals surface area (Å²) in [6.45, 7) is 0. The number of nitrogens with one attached hydrogen (secondary N) is 1. The zero-order valence-corrected chi connectivity index (χ0v) is 10.3. The highest BCUT2D eigenvalue weighted by Gasteiger charge is 2.28. The SMILES string of the molecule is COc1cccc([C@H](N)c2n[nH]c(C3CC3)n2)c1. The lowest BCUT2D eigenvalue weighted by atomic mass is 10.1. The van der Waals surface area contributed by atoms with E-state index < -0.39 is 0 Å². The third-order valence-electron chi connectivity index (χ3n) is 3.22. The molecular weight excluding hydrogens is 228 g/mol. The Hall–Kier alpha value is -1.88. The van der Waals surface area contributed by atoms with Crippen LogP contribution in [0, 0.1) is 0 Å². The van der Waals surface area contributed by atoms with Gasteiger partial charge in [0.15, 0.2) is 5.82 Å². The lowest BCUT2D eigenvalue weighted by Gasteiger charge is -2.09. The number of aromatic nitrogens is 3. The summed E-state index contributed by atoms with van der Waals surface area (Å²) in [5, 5.41) is 7.18. The minimum Gasteiger partial charge on any atom is -0.497 e. The average molecular weight is 244 g/mol. The quantitative estimate of drug-likeness (QED) is 0.858. The lowest BCUT2D eigenvalue weighted by molar-refractivity contribution is 0.414. The van der Waals surface area contributed by atoms with Gasteiger partial charge in [-0.25, -0.2) is 4.98 Å². The number of hydrogen-bond donors (Lipinski definition) is 2. The number of hydrogen-bond acceptors (Lipinski definition) is 4. The van der Waals surface area contributed by atoms with Crippen molar-refractivity contribution in [3.8, 4) is 5.75 Å². The second-order valence-electron chi connectivity index (χ2n) is 4.61. The fourth-order valence-corrected chi connectivity index (χ4v) is 1.95. The molecule has 3 N–H and O–H groups in total. The maximum atomic E-state index is 6.17. The zero-order chi connectivity index (χ0) is 12.5. The first-order chi connectivity index (χ1) is 8.78. The molecule has 1 aromatic carbocycles. The smallest absolute Gasteiger partial charge is 0.171 e. The largest absolute Gasteiger partial charge is 0.497 e. The van der Waals surface area contributed by atoms with Gasteiger partial charge in [-0.05, 0) is 30.5 Å². The summed E-state index contributed by atoms with van der Waals surface area (Å²) in [6, 6.07) is 7.37. The van der Waals surface area contributed by atoms with Gasteiger partial charge in [0.25, 0.3) is 0 Å². The Morgan fingerprint density at radius 3 is 3.00 bits per heavy atom. The first-order valence-electron chi connectivity index (χ1n) is 6.09. The summed E-state index contributed by atoms with van der Waals surface area (Å²) in [6.07, 6.45) is 2.39. The molecule has 5 heteroatoms. The third kappa shape index (κ3) is 2.09. The van der Waals surface area contributed by atoms with Crippen LogP contribution in [0.4, 0.5) is 0 Å². The number of benzene rings is 1. The van der Waals surface area contributed by atoms with Crippen LogP contribution >= 0.6 is 0 Å². The first-order valence-corrected chi connectivity index (χ1v) is 6.09. The van der Waals surface area contributed by atoms with E-state index in [1.54, 1.807) is 7.11 Å². The Morgan fingerprint density at radius 1 is 1.44 bits per heavy atom. The van der Waals surface area contributed by atoms with Crippen LogP contribution in [0.2, 0.25) is 0 Å². The monoisotopic (exact) mass is 244 g/mol. The van der Waals surface area contributed by atoms with Gasteiger partial charge in [0.05, 0.1) is 13.2 Å². The van der Waals surface area contributed by atoms with Gasteiger partial charge in [-0.3, -0.25) is 5.10 Å². The van der Waals surface area contributed by atoms with Gasteiger partial charge in [0, 0.05) is 5.92 Å². The van der Waals surface area contributed by atoms with Crippen molar-refractivity contribution in [1.82, 2.24) is 15.2 Å². The van der Waals surface area contributed by atoms with Crippen molar-refractivity contribution in [3.05, 3.63) is 41.5 Å². The highest BCUT2D eigenvalue weighted by atomic mass is 16.5. The first kappa shape index (κ1) is 11.2. The minimum absolute atomic E-state index is 0.316. The number of ether oxygens (including phenoxy) is 1. The topological polar surface area (TPSA) is 76.8 Å². The number of H-pyrrole nitrogens is 1. The number of nitrogens with zero attached hydrogens (tertiary/aromatic N) is 2. The maximum Gasteiger partial charge on any atom is 0.171 e. The molecule has 94 valence electrons. The van der Waals surface area contributed by atoms with E-state index in [9.17, 15) is 0 Å².